The van der Waals surface area contributed by atoms with E-state index in [0.29, 0.717) is 23.1 Å². The second-order valence-electron chi connectivity index (χ2n) is 7.05. The zero-order chi connectivity index (χ0) is 20.5. The number of amides is 1. The Morgan fingerprint density at radius 2 is 2.21 bits per heavy atom. The lowest BCUT2D eigenvalue weighted by Gasteiger charge is -2.13. The number of imidazole rings is 1. The molecule has 0 aliphatic heterocycles. The summed E-state index contributed by atoms with van der Waals surface area (Å²) in [5.41, 5.74) is 2.47. The van der Waals surface area contributed by atoms with Gasteiger partial charge in [-0.2, -0.15) is 5.26 Å². The number of carbonyl (C=O) groups is 1. The summed E-state index contributed by atoms with van der Waals surface area (Å²) in [6.45, 7) is 3.67. The quantitative estimate of drug-likeness (QED) is 0.614. The molecule has 1 saturated carbocycles. The first-order valence-corrected chi connectivity index (χ1v) is 10.3. The standard InChI is InChI=1S/C21H20FN5OS/c1-13-14(2)27(17-5-3-4-15(22)10-17)20(18(13)11-23)25-19(28)12-29-21-24-8-9-26(21)16-6-7-16/h3-5,8-10,16H,6-7,12H2,1-2H3,(H,25,28). The molecule has 1 N–H and O–H groups in total. The summed E-state index contributed by atoms with van der Waals surface area (Å²) in [6, 6.07) is 8.74. The molecule has 8 heteroatoms. The Kier molecular flexibility index (Phi) is 5.16. The number of hydrogen-bond donors (Lipinski definition) is 1. The smallest absolute Gasteiger partial charge is 0.236 e. The van der Waals surface area contributed by atoms with Gasteiger partial charge in [0, 0.05) is 24.1 Å². The highest BCUT2D eigenvalue weighted by Gasteiger charge is 2.26. The van der Waals surface area contributed by atoms with E-state index in [2.05, 4.69) is 20.9 Å². The molecule has 1 fully saturated rings. The van der Waals surface area contributed by atoms with Crippen molar-refractivity contribution in [2.75, 3.05) is 11.1 Å². The zero-order valence-corrected chi connectivity index (χ0v) is 17.0. The number of rotatable bonds is 6. The summed E-state index contributed by atoms with van der Waals surface area (Å²) in [5, 5.41) is 13.3. The lowest BCUT2D eigenvalue weighted by Crippen LogP contribution is -2.18. The van der Waals surface area contributed by atoms with E-state index in [1.165, 1.54) is 23.9 Å². The number of benzene rings is 1. The molecule has 0 saturated heterocycles. The van der Waals surface area contributed by atoms with Crippen molar-refractivity contribution in [3.63, 3.8) is 0 Å². The van der Waals surface area contributed by atoms with Gasteiger partial charge in [0.2, 0.25) is 5.91 Å². The second-order valence-corrected chi connectivity index (χ2v) is 7.99. The molecular weight excluding hydrogens is 389 g/mol. The number of carbonyl (C=O) groups excluding carboxylic acids is 1. The number of nitrogens with zero attached hydrogens (tertiary/aromatic N) is 4. The molecule has 6 nitrogen and oxygen atoms in total. The molecule has 0 radical (unpaired) electrons. The molecule has 4 rings (SSSR count). The van der Waals surface area contributed by atoms with E-state index < -0.39 is 0 Å². The maximum Gasteiger partial charge on any atom is 0.236 e. The third-order valence-corrected chi connectivity index (χ3v) is 6.04. The van der Waals surface area contributed by atoms with E-state index in [4.69, 9.17) is 0 Å². The number of aromatic nitrogens is 3. The van der Waals surface area contributed by atoms with E-state index in [9.17, 15) is 14.4 Å². The predicted octanol–water partition coefficient (Wildman–Crippen LogP) is 4.37. The van der Waals surface area contributed by atoms with Gasteiger partial charge in [-0.15, -0.1) is 0 Å². The van der Waals surface area contributed by atoms with Gasteiger partial charge in [0.05, 0.1) is 17.0 Å². The fourth-order valence-electron chi connectivity index (χ4n) is 3.34. The van der Waals surface area contributed by atoms with Crippen molar-refractivity contribution in [3.8, 4) is 11.8 Å². The van der Waals surface area contributed by atoms with Crippen molar-refractivity contribution >= 4 is 23.5 Å². The van der Waals surface area contributed by atoms with E-state index in [1.54, 1.807) is 22.9 Å². The molecule has 1 aromatic carbocycles. The van der Waals surface area contributed by atoms with Crippen LogP contribution in [0, 0.1) is 31.0 Å². The lowest BCUT2D eigenvalue weighted by atomic mass is 10.2. The van der Waals surface area contributed by atoms with Crippen molar-refractivity contribution in [1.82, 2.24) is 14.1 Å². The first kappa shape index (κ1) is 19.3. The van der Waals surface area contributed by atoms with Crippen LogP contribution in [0.15, 0.2) is 41.8 Å². The highest BCUT2D eigenvalue weighted by molar-refractivity contribution is 7.99. The van der Waals surface area contributed by atoms with Crippen molar-refractivity contribution in [2.45, 2.75) is 37.9 Å². The van der Waals surface area contributed by atoms with Crippen LogP contribution in [0.25, 0.3) is 5.69 Å². The maximum atomic E-state index is 13.8. The van der Waals surface area contributed by atoms with Gasteiger partial charge in [-0.05, 0) is 50.5 Å². The normalized spacial score (nSPS) is 13.3. The van der Waals surface area contributed by atoms with Gasteiger partial charge in [-0.3, -0.25) is 9.36 Å². The molecule has 29 heavy (non-hydrogen) atoms. The maximum absolute atomic E-state index is 13.8. The fraction of sp³-hybridized carbons (Fsp3) is 0.286. The van der Waals surface area contributed by atoms with E-state index >= 15 is 0 Å². The molecule has 2 aromatic heterocycles. The van der Waals surface area contributed by atoms with Crippen LogP contribution < -0.4 is 5.32 Å². The molecule has 0 bridgehead atoms. The summed E-state index contributed by atoms with van der Waals surface area (Å²) in [4.78, 5) is 17.0. The van der Waals surface area contributed by atoms with Gasteiger partial charge in [-0.25, -0.2) is 9.37 Å². The first-order chi connectivity index (χ1) is 14.0. The second kappa shape index (κ2) is 7.76. The summed E-state index contributed by atoms with van der Waals surface area (Å²) in [6.07, 6.45) is 5.96. The minimum atomic E-state index is -0.383. The van der Waals surface area contributed by atoms with Gasteiger partial charge in [0.25, 0.3) is 0 Å². The number of hydrogen-bond acceptors (Lipinski definition) is 4. The topological polar surface area (TPSA) is 75.6 Å². The Hall–Kier alpha value is -3.05. The van der Waals surface area contributed by atoms with Crippen LogP contribution in [0.2, 0.25) is 0 Å². The summed E-state index contributed by atoms with van der Waals surface area (Å²) >= 11 is 1.37. The minimum Gasteiger partial charge on any atom is -0.323 e. The van der Waals surface area contributed by atoms with Crippen LogP contribution in [0.4, 0.5) is 10.2 Å². The highest BCUT2D eigenvalue weighted by Crippen LogP contribution is 2.37. The van der Waals surface area contributed by atoms with Crippen LogP contribution in [-0.4, -0.2) is 25.8 Å². The highest BCUT2D eigenvalue weighted by atomic mass is 32.2. The predicted molar refractivity (Wildman–Crippen MR) is 110 cm³/mol. The molecule has 0 spiro atoms. The molecule has 1 aliphatic carbocycles. The Morgan fingerprint density at radius 3 is 2.90 bits per heavy atom. The van der Waals surface area contributed by atoms with Crippen molar-refractivity contribution in [1.29, 1.82) is 5.26 Å². The largest absolute Gasteiger partial charge is 0.323 e. The third-order valence-electron chi connectivity index (χ3n) is 5.06. The van der Waals surface area contributed by atoms with E-state index in [-0.39, 0.29) is 17.5 Å². The summed E-state index contributed by atoms with van der Waals surface area (Å²) in [7, 11) is 0. The Morgan fingerprint density at radius 1 is 1.41 bits per heavy atom. The molecule has 0 atom stereocenters. The SMILES string of the molecule is Cc1c(C#N)c(NC(=O)CSc2nccn2C2CC2)n(-c2cccc(F)c2)c1C. The Labute approximate surface area is 172 Å². The number of thioether (sulfide) groups is 1. The minimum absolute atomic E-state index is 0.168. The summed E-state index contributed by atoms with van der Waals surface area (Å²) < 4.78 is 17.6. The number of halogens is 1. The molecule has 1 amide bonds. The number of nitriles is 1. The van der Waals surface area contributed by atoms with E-state index in [0.717, 1.165) is 29.3 Å². The van der Waals surface area contributed by atoms with Gasteiger partial charge in [0.15, 0.2) is 5.16 Å². The van der Waals surface area contributed by atoms with Gasteiger partial charge >= 0.3 is 0 Å². The molecular formula is C21H20FN5OS. The summed E-state index contributed by atoms with van der Waals surface area (Å²) in [5.74, 6) is -0.0937. The number of nitrogens with one attached hydrogen (secondary N) is 1. The monoisotopic (exact) mass is 409 g/mol. The van der Waals surface area contributed by atoms with Crippen molar-refractivity contribution in [2.24, 2.45) is 0 Å². The Bertz CT molecular complexity index is 1120. The van der Waals surface area contributed by atoms with Crippen LogP contribution in [0.1, 0.15) is 35.7 Å². The van der Waals surface area contributed by atoms with Gasteiger partial charge in [0.1, 0.15) is 17.7 Å². The third kappa shape index (κ3) is 3.78. The first-order valence-electron chi connectivity index (χ1n) is 9.33. The van der Waals surface area contributed by atoms with E-state index in [1.807, 2.05) is 20.0 Å². The van der Waals surface area contributed by atoms with Crippen molar-refractivity contribution in [3.05, 3.63) is 59.3 Å². The molecule has 148 valence electrons. The average molecular weight is 409 g/mol. The average Bonchev–Trinajstić information content (AvgIpc) is 3.38. The molecule has 2 heterocycles. The fourth-order valence-corrected chi connectivity index (χ4v) is 4.17. The molecule has 3 aromatic rings. The Balaban J connectivity index is 1.59. The van der Waals surface area contributed by atoms with Gasteiger partial charge in [-0.1, -0.05) is 17.8 Å². The van der Waals surface area contributed by atoms with Crippen LogP contribution in [0.5, 0.6) is 0 Å². The van der Waals surface area contributed by atoms with Gasteiger partial charge < -0.3 is 9.88 Å². The van der Waals surface area contributed by atoms with Crippen molar-refractivity contribution < 1.29 is 9.18 Å². The molecule has 1 aliphatic rings. The van der Waals surface area contributed by atoms with Crippen LogP contribution >= 0.6 is 11.8 Å². The van der Waals surface area contributed by atoms with Crippen LogP contribution in [0.3, 0.4) is 0 Å². The van der Waals surface area contributed by atoms with Crippen LogP contribution in [-0.2, 0) is 4.79 Å². The lowest BCUT2D eigenvalue weighted by molar-refractivity contribution is -0.113. The molecule has 0 unspecified atom stereocenters. The number of anilines is 1. The zero-order valence-electron chi connectivity index (χ0n) is 16.1.